The molecule has 2 aromatic heterocycles. The molecule has 5 aromatic rings. The van der Waals surface area contributed by atoms with E-state index in [9.17, 15) is 9.59 Å². The van der Waals surface area contributed by atoms with Gasteiger partial charge in [0.2, 0.25) is 5.91 Å². The normalized spacial score (nSPS) is 11.1. The molecule has 0 fully saturated rings. The highest BCUT2D eigenvalue weighted by atomic mass is 32.2. The van der Waals surface area contributed by atoms with Crippen LogP contribution in [-0.4, -0.2) is 31.0 Å². The van der Waals surface area contributed by atoms with E-state index in [2.05, 4.69) is 27.6 Å². The molecule has 9 heteroatoms. The molecule has 36 heavy (non-hydrogen) atoms. The number of rotatable bonds is 10. The Morgan fingerprint density at radius 2 is 1.56 bits per heavy atom. The molecule has 0 aliphatic heterocycles. The van der Waals surface area contributed by atoms with Gasteiger partial charge in [-0.3, -0.25) is 14.2 Å². The first-order valence-electron chi connectivity index (χ1n) is 11.6. The van der Waals surface area contributed by atoms with Crippen molar-refractivity contribution < 1.29 is 4.79 Å². The SMILES string of the molecule is O=C(CSc1nnc(Cn2c(=O)sc3ccccc32)n1CCc1ccccc1)NCc1ccccc1. The van der Waals surface area contributed by atoms with Gasteiger partial charge in [0.25, 0.3) is 0 Å². The van der Waals surface area contributed by atoms with Crippen LogP contribution in [0.5, 0.6) is 0 Å². The Labute approximate surface area is 216 Å². The van der Waals surface area contributed by atoms with Crippen LogP contribution in [-0.2, 0) is 30.8 Å². The quantitative estimate of drug-likeness (QED) is 0.280. The number of para-hydroxylation sites is 1. The first-order valence-corrected chi connectivity index (χ1v) is 13.5. The zero-order valence-electron chi connectivity index (χ0n) is 19.5. The van der Waals surface area contributed by atoms with Crippen molar-refractivity contribution in [3.63, 3.8) is 0 Å². The van der Waals surface area contributed by atoms with Crippen LogP contribution in [0.15, 0.2) is 94.9 Å². The van der Waals surface area contributed by atoms with Crippen LogP contribution in [0.4, 0.5) is 0 Å². The third kappa shape index (κ3) is 5.75. The summed E-state index contributed by atoms with van der Waals surface area (Å²) in [7, 11) is 0. The number of thiazole rings is 1. The van der Waals surface area contributed by atoms with Gasteiger partial charge in [-0.05, 0) is 29.7 Å². The summed E-state index contributed by atoms with van der Waals surface area (Å²) < 4.78 is 4.72. The van der Waals surface area contributed by atoms with Crippen molar-refractivity contribution in [2.24, 2.45) is 0 Å². The number of carbonyl (C=O) groups excluding carboxylic acids is 1. The second-order valence-corrected chi connectivity index (χ2v) is 10.2. The maximum absolute atomic E-state index is 12.7. The van der Waals surface area contributed by atoms with E-state index in [0.29, 0.717) is 30.6 Å². The largest absolute Gasteiger partial charge is 0.351 e. The number of amides is 1. The van der Waals surface area contributed by atoms with Crippen molar-refractivity contribution in [2.45, 2.75) is 31.2 Å². The highest BCUT2D eigenvalue weighted by Gasteiger charge is 2.17. The second kappa shape index (κ2) is 11.4. The Morgan fingerprint density at radius 3 is 2.33 bits per heavy atom. The topological polar surface area (TPSA) is 81.8 Å². The fourth-order valence-electron chi connectivity index (χ4n) is 3.94. The van der Waals surface area contributed by atoms with E-state index in [4.69, 9.17) is 0 Å². The average Bonchev–Trinajstić information content (AvgIpc) is 3.45. The molecule has 0 bridgehead atoms. The van der Waals surface area contributed by atoms with Crippen molar-refractivity contribution >= 4 is 39.2 Å². The third-order valence-corrected chi connectivity index (χ3v) is 7.73. The Hall–Kier alpha value is -3.69. The Balaban J connectivity index is 1.33. The van der Waals surface area contributed by atoms with Crippen LogP contribution < -0.4 is 10.2 Å². The van der Waals surface area contributed by atoms with E-state index < -0.39 is 0 Å². The van der Waals surface area contributed by atoms with E-state index in [1.54, 1.807) is 4.57 Å². The molecule has 1 amide bonds. The molecule has 0 saturated carbocycles. The highest BCUT2D eigenvalue weighted by molar-refractivity contribution is 7.99. The molecule has 182 valence electrons. The number of fused-ring (bicyclic) bond motifs is 1. The number of benzene rings is 3. The van der Waals surface area contributed by atoms with Crippen LogP contribution in [0.2, 0.25) is 0 Å². The van der Waals surface area contributed by atoms with Gasteiger partial charge in [0.1, 0.15) is 0 Å². The average molecular weight is 516 g/mol. The molecular formula is C27H25N5O2S2. The molecule has 0 saturated heterocycles. The fraction of sp³-hybridized carbons (Fsp3) is 0.185. The molecule has 5 rings (SSSR count). The molecule has 2 heterocycles. The predicted octanol–water partition coefficient (Wildman–Crippen LogP) is 4.35. The van der Waals surface area contributed by atoms with Crippen molar-refractivity contribution in [1.29, 1.82) is 0 Å². The lowest BCUT2D eigenvalue weighted by molar-refractivity contribution is -0.118. The summed E-state index contributed by atoms with van der Waals surface area (Å²) in [6, 6.07) is 27.8. The molecule has 0 aliphatic rings. The minimum atomic E-state index is -0.0666. The zero-order chi connectivity index (χ0) is 24.7. The monoisotopic (exact) mass is 515 g/mol. The summed E-state index contributed by atoms with van der Waals surface area (Å²) in [4.78, 5) is 25.2. The van der Waals surface area contributed by atoms with Gasteiger partial charge in [0.05, 0.1) is 22.5 Å². The van der Waals surface area contributed by atoms with Gasteiger partial charge in [0, 0.05) is 13.1 Å². The van der Waals surface area contributed by atoms with Crippen LogP contribution in [0.1, 0.15) is 17.0 Å². The molecule has 0 radical (unpaired) electrons. The number of hydrogen-bond acceptors (Lipinski definition) is 6. The van der Waals surface area contributed by atoms with Gasteiger partial charge < -0.3 is 9.88 Å². The summed E-state index contributed by atoms with van der Waals surface area (Å²) in [5.41, 5.74) is 3.14. The van der Waals surface area contributed by atoms with E-state index in [1.165, 1.54) is 28.7 Å². The molecule has 0 atom stereocenters. The molecular weight excluding hydrogens is 490 g/mol. The fourth-order valence-corrected chi connectivity index (χ4v) is 5.64. The number of hydrogen-bond donors (Lipinski definition) is 1. The van der Waals surface area contributed by atoms with Crippen LogP contribution in [0.3, 0.4) is 0 Å². The number of aromatic nitrogens is 4. The Morgan fingerprint density at radius 1 is 0.861 bits per heavy atom. The predicted molar refractivity (Wildman–Crippen MR) is 144 cm³/mol. The van der Waals surface area contributed by atoms with E-state index in [1.807, 2.05) is 77.4 Å². The third-order valence-electron chi connectivity index (χ3n) is 5.80. The van der Waals surface area contributed by atoms with E-state index >= 15 is 0 Å². The maximum atomic E-state index is 12.7. The van der Waals surface area contributed by atoms with Crippen LogP contribution in [0.25, 0.3) is 10.2 Å². The summed E-state index contributed by atoms with van der Waals surface area (Å²) in [5.74, 6) is 0.865. The lowest BCUT2D eigenvalue weighted by Crippen LogP contribution is -2.24. The summed E-state index contributed by atoms with van der Waals surface area (Å²) in [5, 5.41) is 12.4. The summed E-state index contributed by atoms with van der Waals surface area (Å²) >= 11 is 2.59. The zero-order valence-corrected chi connectivity index (χ0v) is 21.2. The minimum absolute atomic E-state index is 0.0247. The minimum Gasteiger partial charge on any atom is -0.351 e. The maximum Gasteiger partial charge on any atom is 0.308 e. The van der Waals surface area contributed by atoms with Crippen LogP contribution in [0, 0.1) is 0 Å². The highest BCUT2D eigenvalue weighted by Crippen LogP contribution is 2.21. The van der Waals surface area contributed by atoms with Crippen molar-refractivity contribution in [3.05, 3.63) is 112 Å². The first kappa shape index (κ1) is 24.0. The van der Waals surface area contributed by atoms with Gasteiger partial charge in [-0.25, -0.2) is 0 Å². The standard InChI is InChI=1S/C27H25N5O2S2/c33-25(28-17-21-11-5-2-6-12-21)19-35-26-30-29-24(31(26)16-15-20-9-3-1-4-10-20)18-32-22-13-7-8-14-23(22)36-27(32)34/h1-14H,15-19H2,(H,28,33). The number of carbonyl (C=O) groups is 1. The van der Waals surface area contributed by atoms with Gasteiger partial charge >= 0.3 is 4.87 Å². The number of thioether (sulfide) groups is 1. The first-order chi connectivity index (χ1) is 17.7. The number of aryl methyl sites for hydroxylation is 1. The van der Waals surface area contributed by atoms with Crippen LogP contribution >= 0.6 is 23.1 Å². The van der Waals surface area contributed by atoms with Gasteiger partial charge in [0.15, 0.2) is 11.0 Å². The second-order valence-electron chi connectivity index (χ2n) is 8.26. The molecule has 3 aromatic carbocycles. The Kier molecular flexibility index (Phi) is 7.58. The van der Waals surface area contributed by atoms with Gasteiger partial charge in [-0.15, -0.1) is 10.2 Å². The van der Waals surface area contributed by atoms with Crippen molar-refractivity contribution in [3.8, 4) is 0 Å². The lowest BCUT2D eigenvalue weighted by Gasteiger charge is -2.11. The van der Waals surface area contributed by atoms with Gasteiger partial charge in [-0.2, -0.15) is 0 Å². The van der Waals surface area contributed by atoms with Crippen molar-refractivity contribution in [2.75, 3.05) is 5.75 Å². The number of nitrogens with one attached hydrogen (secondary N) is 1. The van der Waals surface area contributed by atoms with E-state index in [0.717, 1.165) is 22.2 Å². The summed E-state index contributed by atoms with van der Waals surface area (Å²) in [6.07, 6.45) is 0.791. The molecule has 0 aliphatic carbocycles. The molecule has 7 nitrogen and oxygen atoms in total. The molecule has 0 spiro atoms. The van der Waals surface area contributed by atoms with E-state index in [-0.39, 0.29) is 16.5 Å². The molecule has 1 N–H and O–H groups in total. The Bertz CT molecular complexity index is 1510. The molecule has 0 unspecified atom stereocenters. The summed E-state index contributed by atoms with van der Waals surface area (Å²) in [6.45, 7) is 1.46. The van der Waals surface area contributed by atoms with Crippen molar-refractivity contribution in [1.82, 2.24) is 24.6 Å². The smallest absolute Gasteiger partial charge is 0.308 e. The lowest BCUT2D eigenvalue weighted by atomic mass is 10.1. The number of nitrogens with zero attached hydrogens (tertiary/aromatic N) is 4. The van der Waals surface area contributed by atoms with Gasteiger partial charge in [-0.1, -0.05) is 95.9 Å².